The van der Waals surface area contributed by atoms with Crippen molar-refractivity contribution in [3.05, 3.63) is 0 Å². The Bertz CT molecular complexity index is 449. The highest BCUT2D eigenvalue weighted by Gasteiger charge is 2.19. The zero-order chi connectivity index (χ0) is 22.5. The highest BCUT2D eigenvalue weighted by atomic mass is 16.6. The minimum atomic E-state index is -0.747. The van der Waals surface area contributed by atoms with Gasteiger partial charge in [-0.1, -0.05) is 78.6 Å². The number of hydrogen-bond acceptors (Lipinski definition) is 6. The van der Waals surface area contributed by atoms with Crippen LogP contribution < -0.4 is 0 Å². The minimum absolute atomic E-state index is 0.0730. The summed E-state index contributed by atoms with van der Waals surface area (Å²) in [6, 6.07) is 0. The first-order valence-corrected chi connectivity index (χ1v) is 12.0. The minimum Gasteiger partial charge on any atom is -0.462 e. The van der Waals surface area contributed by atoms with Gasteiger partial charge in [-0.2, -0.15) is 0 Å². The Labute approximate surface area is 183 Å². The van der Waals surface area contributed by atoms with E-state index in [0.29, 0.717) is 19.3 Å². The lowest BCUT2D eigenvalue weighted by atomic mass is 10.1. The number of carbonyl (C=O) groups is 3. The fourth-order valence-electron chi connectivity index (χ4n) is 2.94. The molecule has 6 nitrogen and oxygen atoms in total. The number of rotatable bonds is 20. The maximum absolute atomic E-state index is 12.1. The third-order valence-electron chi connectivity index (χ3n) is 4.86. The predicted octanol–water partition coefficient (Wildman–Crippen LogP) is 5.90. The fraction of sp³-hybridized carbons (Fsp3) is 0.875. The van der Waals surface area contributed by atoms with Crippen molar-refractivity contribution in [2.45, 2.75) is 123 Å². The van der Waals surface area contributed by atoms with Crippen molar-refractivity contribution in [2.75, 3.05) is 13.2 Å². The summed E-state index contributed by atoms with van der Waals surface area (Å²) in [6.07, 6.45) is 12.5. The van der Waals surface area contributed by atoms with Crippen LogP contribution in [0.4, 0.5) is 0 Å². The second-order valence-electron chi connectivity index (χ2n) is 7.91. The Balaban J connectivity index is 4.30. The number of ether oxygens (including phenoxy) is 3. The Kier molecular flexibility index (Phi) is 19.6. The van der Waals surface area contributed by atoms with E-state index in [1.54, 1.807) is 0 Å². The topological polar surface area (TPSA) is 78.9 Å². The molecular formula is C24H44O6. The van der Waals surface area contributed by atoms with Gasteiger partial charge in [0.05, 0.1) is 0 Å². The molecule has 0 saturated carbocycles. The number of carbonyl (C=O) groups excluding carboxylic acids is 3. The monoisotopic (exact) mass is 428 g/mol. The molecule has 0 saturated heterocycles. The Morgan fingerprint density at radius 3 is 1.47 bits per heavy atom. The molecule has 176 valence electrons. The molecule has 0 aromatic heterocycles. The van der Waals surface area contributed by atoms with Gasteiger partial charge in [-0.15, -0.1) is 0 Å². The lowest BCUT2D eigenvalue weighted by Gasteiger charge is -2.18. The van der Waals surface area contributed by atoms with E-state index >= 15 is 0 Å². The van der Waals surface area contributed by atoms with E-state index in [1.165, 1.54) is 19.3 Å². The molecule has 0 aliphatic carbocycles. The lowest BCUT2D eigenvalue weighted by molar-refractivity contribution is -0.167. The van der Waals surface area contributed by atoms with Crippen LogP contribution in [-0.4, -0.2) is 37.2 Å². The Morgan fingerprint density at radius 2 is 0.933 bits per heavy atom. The van der Waals surface area contributed by atoms with Gasteiger partial charge in [-0.3, -0.25) is 14.4 Å². The van der Waals surface area contributed by atoms with Crippen LogP contribution in [0.1, 0.15) is 117 Å². The van der Waals surface area contributed by atoms with Gasteiger partial charge in [0.1, 0.15) is 13.2 Å². The predicted molar refractivity (Wildman–Crippen MR) is 118 cm³/mol. The van der Waals surface area contributed by atoms with Gasteiger partial charge in [-0.05, 0) is 19.3 Å². The van der Waals surface area contributed by atoms with Crippen LogP contribution in [0.5, 0.6) is 0 Å². The molecule has 0 N–H and O–H groups in total. The molecule has 0 aromatic rings. The third kappa shape index (κ3) is 18.4. The van der Waals surface area contributed by atoms with E-state index in [1.807, 2.05) is 6.92 Å². The van der Waals surface area contributed by atoms with E-state index in [0.717, 1.165) is 57.8 Å². The van der Waals surface area contributed by atoms with Crippen molar-refractivity contribution < 1.29 is 28.6 Å². The Hall–Kier alpha value is -1.59. The smallest absolute Gasteiger partial charge is 0.306 e. The first-order valence-electron chi connectivity index (χ1n) is 12.0. The highest BCUT2D eigenvalue weighted by molar-refractivity contribution is 5.71. The van der Waals surface area contributed by atoms with E-state index in [4.69, 9.17) is 14.2 Å². The van der Waals surface area contributed by atoms with E-state index in [-0.39, 0.29) is 31.1 Å². The van der Waals surface area contributed by atoms with Crippen molar-refractivity contribution in [1.29, 1.82) is 0 Å². The van der Waals surface area contributed by atoms with Gasteiger partial charge < -0.3 is 14.2 Å². The summed E-state index contributed by atoms with van der Waals surface area (Å²) in [7, 11) is 0. The van der Waals surface area contributed by atoms with Crippen LogP contribution >= 0.6 is 0 Å². The quantitative estimate of drug-likeness (QED) is 0.136. The number of esters is 3. The van der Waals surface area contributed by atoms with Crippen LogP contribution in [0, 0.1) is 0 Å². The standard InChI is InChI=1S/C24H44O6/c1-4-7-10-12-13-15-17-23(26)29-20-21(19-28-22(25)16-9-6-3)30-24(27)18-14-11-8-5-2/h21H,4-20H2,1-3H3. The summed E-state index contributed by atoms with van der Waals surface area (Å²) < 4.78 is 15.9. The molecule has 0 radical (unpaired) electrons. The van der Waals surface area contributed by atoms with Crippen LogP contribution in [0.15, 0.2) is 0 Å². The summed E-state index contributed by atoms with van der Waals surface area (Å²) in [6.45, 7) is 6.14. The van der Waals surface area contributed by atoms with Gasteiger partial charge >= 0.3 is 17.9 Å². The SMILES string of the molecule is CCCCCCCCC(=O)OCC(COC(=O)CCCC)OC(=O)CCCCCC. The normalized spacial score (nSPS) is 11.7. The van der Waals surface area contributed by atoms with Crippen LogP contribution in [0.2, 0.25) is 0 Å². The zero-order valence-corrected chi connectivity index (χ0v) is 19.5. The van der Waals surface area contributed by atoms with Crippen molar-refractivity contribution in [2.24, 2.45) is 0 Å². The molecule has 0 rings (SSSR count). The summed E-state index contributed by atoms with van der Waals surface area (Å²) >= 11 is 0. The van der Waals surface area contributed by atoms with Gasteiger partial charge in [0.25, 0.3) is 0 Å². The molecule has 30 heavy (non-hydrogen) atoms. The number of hydrogen-bond donors (Lipinski definition) is 0. The first-order chi connectivity index (χ1) is 14.5. The second-order valence-corrected chi connectivity index (χ2v) is 7.91. The first kappa shape index (κ1) is 28.4. The van der Waals surface area contributed by atoms with Crippen molar-refractivity contribution in [1.82, 2.24) is 0 Å². The average Bonchev–Trinajstić information content (AvgIpc) is 2.74. The number of unbranched alkanes of at least 4 members (excludes halogenated alkanes) is 9. The molecule has 0 amide bonds. The molecule has 0 spiro atoms. The molecule has 1 atom stereocenters. The average molecular weight is 429 g/mol. The molecule has 1 unspecified atom stereocenters. The fourth-order valence-corrected chi connectivity index (χ4v) is 2.94. The van der Waals surface area contributed by atoms with Crippen LogP contribution in [-0.2, 0) is 28.6 Å². The van der Waals surface area contributed by atoms with Crippen LogP contribution in [0.3, 0.4) is 0 Å². The summed E-state index contributed by atoms with van der Waals surface area (Å²) in [4.78, 5) is 35.8. The van der Waals surface area contributed by atoms with E-state index in [9.17, 15) is 14.4 Å². The molecule has 0 fully saturated rings. The molecule has 6 heteroatoms. The van der Waals surface area contributed by atoms with Crippen molar-refractivity contribution in [3.63, 3.8) is 0 Å². The maximum atomic E-state index is 12.1. The molecule has 0 aliphatic heterocycles. The molecule has 0 bridgehead atoms. The second kappa shape index (κ2) is 20.7. The van der Waals surface area contributed by atoms with E-state index < -0.39 is 6.10 Å². The Morgan fingerprint density at radius 1 is 0.533 bits per heavy atom. The largest absolute Gasteiger partial charge is 0.462 e. The highest BCUT2D eigenvalue weighted by Crippen LogP contribution is 2.09. The maximum Gasteiger partial charge on any atom is 0.306 e. The van der Waals surface area contributed by atoms with E-state index in [2.05, 4.69) is 13.8 Å². The molecule has 0 aliphatic rings. The van der Waals surface area contributed by atoms with Crippen LogP contribution in [0.25, 0.3) is 0 Å². The summed E-state index contributed by atoms with van der Waals surface area (Å²) in [5.41, 5.74) is 0. The zero-order valence-electron chi connectivity index (χ0n) is 19.5. The van der Waals surface area contributed by atoms with Crippen molar-refractivity contribution >= 4 is 17.9 Å². The molecular weight excluding hydrogens is 384 g/mol. The van der Waals surface area contributed by atoms with Gasteiger partial charge in [0.15, 0.2) is 6.10 Å². The van der Waals surface area contributed by atoms with Gasteiger partial charge in [0, 0.05) is 19.3 Å². The van der Waals surface area contributed by atoms with Crippen molar-refractivity contribution in [3.8, 4) is 0 Å². The summed E-state index contributed by atoms with van der Waals surface area (Å²) in [5.74, 6) is -0.960. The molecule has 0 heterocycles. The lowest BCUT2D eigenvalue weighted by Crippen LogP contribution is -2.30. The third-order valence-corrected chi connectivity index (χ3v) is 4.86. The van der Waals surface area contributed by atoms with Gasteiger partial charge in [-0.25, -0.2) is 0 Å². The van der Waals surface area contributed by atoms with Gasteiger partial charge in [0.2, 0.25) is 0 Å². The summed E-state index contributed by atoms with van der Waals surface area (Å²) in [5, 5.41) is 0. The molecule has 0 aromatic carbocycles.